The smallest absolute Gasteiger partial charge is 0.220 e. The Morgan fingerprint density at radius 2 is 1.60 bits per heavy atom. The fraction of sp³-hybridized carbons (Fsp3) is 0.548. The summed E-state index contributed by atoms with van der Waals surface area (Å²) in [6, 6.07) is 16.0. The lowest BCUT2D eigenvalue weighted by molar-refractivity contribution is -0.253. The van der Waals surface area contributed by atoms with Gasteiger partial charge in [0.05, 0.1) is 32.0 Å². The first kappa shape index (κ1) is 30.1. The van der Waals surface area contributed by atoms with Crippen LogP contribution in [0.1, 0.15) is 73.7 Å². The Bertz CT molecular complexity index is 1060. The van der Waals surface area contributed by atoms with Gasteiger partial charge in [-0.25, -0.2) is 0 Å². The second-order valence-electron chi connectivity index (χ2n) is 10.6. The predicted octanol–water partition coefficient (Wildman–Crippen LogP) is 3.37. The third kappa shape index (κ3) is 9.67. The number of amides is 2. The molecule has 2 aliphatic heterocycles. The highest BCUT2D eigenvalue weighted by Crippen LogP contribution is 2.38. The number of aliphatic hydroxyl groups excluding tert-OH is 1. The van der Waals surface area contributed by atoms with Crippen molar-refractivity contribution in [2.24, 2.45) is 0 Å². The third-order valence-electron chi connectivity index (χ3n) is 7.38. The van der Waals surface area contributed by atoms with Gasteiger partial charge in [0.2, 0.25) is 11.8 Å². The molecule has 2 aromatic rings. The molecule has 3 unspecified atom stereocenters. The number of benzene rings is 2. The summed E-state index contributed by atoms with van der Waals surface area (Å²) in [5.74, 6) is 0.00935. The van der Waals surface area contributed by atoms with Crippen LogP contribution in [-0.4, -0.2) is 67.3 Å². The summed E-state index contributed by atoms with van der Waals surface area (Å²) >= 11 is 0. The van der Waals surface area contributed by atoms with Crippen LogP contribution >= 0.6 is 0 Å². The van der Waals surface area contributed by atoms with Crippen molar-refractivity contribution in [2.45, 2.75) is 70.7 Å². The maximum atomic E-state index is 12.2. The number of nitrogens with one attached hydrogen (secondary N) is 2. The minimum atomic E-state index is -0.497. The minimum Gasteiger partial charge on any atom is -0.392 e. The molecule has 218 valence electrons. The average molecular weight is 554 g/mol. The van der Waals surface area contributed by atoms with E-state index >= 15 is 0 Å². The third-order valence-corrected chi connectivity index (χ3v) is 7.38. The van der Waals surface area contributed by atoms with Gasteiger partial charge in [0, 0.05) is 58.1 Å². The van der Waals surface area contributed by atoms with E-state index in [1.54, 1.807) is 0 Å². The van der Waals surface area contributed by atoms with Crippen LogP contribution in [0.5, 0.6) is 0 Å². The number of unbranched alkanes of at least 4 members (excludes halogenated alkanes) is 2. The average Bonchev–Trinajstić information content (AvgIpc) is 2.98. The number of morpholine rings is 1. The molecule has 2 saturated heterocycles. The van der Waals surface area contributed by atoms with Gasteiger partial charge in [0.1, 0.15) is 0 Å². The molecular weight excluding hydrogens is 510 g/mol. The molecule has 0 aromatic heterocycles. The van der Waals surface area contributed by atoms with E-state index in [9.17, 15) is 14.7 Å². The van der Waals surface area contributed by atoms with E-state index in [0.717, 1.165) is 80.8 Å². The van der Waals surface area contributed by atoms with Crippen LogP contribution in [0.2, 0.25) is 0 Å². The van der Waals surface area contributed by atoms with E-state index in [1.165, 1.54) is 6.92 Å². The lowest BCUT2D eigenvalue weighted by atomic mass is 9.99. The van der Waals surface area contributed by atoms with E-state index in [2.05, 4.69) is 15.5 Å². The Kier molecular flexibility index (Phi) is 11.9. The number of hydrogen-bond acceptors (Lipinski definition) is 7. The quantitative estimate of drug-likeness (QED) is 0.326. The zero-order chi connectivity index (χ0) is 28.2. The fourth-order valence-electron chi connectivity index (χ4n) is 5.04. The van der Waals surface area contributed by atoms with Crippen molar-refractivity contribution in [2.75, 3.05) is 39.4 Å². The van der Waals surface area contributed by atoms with Gasteiger partial charge in [-0.3, -0.25) is 14.5 Å². The van der Waals surface area contributed by atoms with Gasteiger partial charge in [-0.2, -0.15) is 0 Å². The Labute approximate surface area is 237 Å². The highest BCUT2D eigenvalue weighted by Gasteiger charge is 2.33. The second-order valence-corrected chi connectivity index (χ2v) is 10.6. The lowest BCUT2D eigenvalue weighted by Gasteiger charge is -2.39. The van der Waals surface area contributed by atoms with Crippen LogP contribution in [0.3, 0.4) is 0 Å². The zero-order valence-electron chi connectivity index (χ0n) is 23.5. The number of rotatable bonds is 13. The maximum absolute atomic E-state index is 12.2. The molecule has 2 fully saturated rings. The Balaban J connectivity index is 1.31. The largest absolute Gasteiger partial charge is 0.392 e. The van der Waals surface area contributed by atoms with Crippen molar-refractivity contribution in [3.8, 4) is 0 Å². The fourth-order valence-corrected chi connectivity index (χ4v) is 5.04. The van der Waals surface area contributed by atoms with Gasteiger partial charge in [0.25, 0.3) is 0 Å². The maximum Gasteiger partial charge on any atom is 0.220 e. The molecule has 2 heterocycles. The number of carbonyl (C=O) groups is 2. The molecule has 0 radical (unpaired) electrons. The minimum absolute atomic E-state index is 0.0107. The number of nitrogens with zero attached hydrogens (tertiary/aromatic N) is 1. The van der Waals surface area contributed by atoms with E-state index in [1.807, 2.05) is 48.5 Å². The highest BCUT2D eigenvalue weighted by molar-refractivity contribution is 5.75. The number of hydrogen-bond donors (Lipinski definition) is 3. The summed E-state index contributed by atoms with van der Waals surface area (Å²) in [6.45, 7) is 6.77. The normalized spacial score (nSPS) is 21.6. The first-order valence-electron chi connectivity index (χ1n) is 14.4. The van der Waals surface area contributed by atoms with Gasteiger partial charge in [-0.1, -0.05) is 55.0 Å². The summed E-state index contributed by atoms with van der Waals surface area (Å²) in [6.07, 6.45) is 3.22. The zero-order valence-corrected chi connectivity index (χ0v) is 23.5. The molecule has 0 bridgehead atoms. The summed E-state index contributed by atoms with van der Waals surface area (Å²) in [5, 5.41) is 15.2. The summed E-state index contributed by atoms with van der Waals surface area (Å²) < 4.78 is 18.4. The number of aliphatic hydroxyl groups is 1. The van der Waals surface area contributed by atoms with E-state index in [0.29, 0.717) is 19.5 Å². The Morgan fingerprint density at radius 1 is 0.900 bits per heavy atom. The van der Waals surface area contributed by atoms with Crippen LogP contribution in [0, 0.1) is 0 Å². The van der Waals surface area contributed by atoms with Crippen molar-refractivity contribution in [3.05, 3.63) is 70.8 Å². The van der Waals surface area contributed by atoms with Gasteiger partial charge in [-0.15, -0.1) is 0 Å². The van der Waals surface area contributed by atoms with Crippen LogP contribution in [0.25, 0.3) is 0 Å². The van der Waals surface area contributed by atoms with Gasteiger partial charge < -0.3 is 30.0 Å². The molecule has 40 heavy (non-hydrogen) atoms. The van der Waals surface area contributed by atoms with E-state index in [4.69, 9.17) is 14.2 Å². The molecule has 0 aliphatic carbocycles. The highest BCUT2D eigenvalue weighted by atomic mass is 16.7. The Morgan fingerprint density at radius 3 is 2.30 bits per heavy atom. The molecule has 2 aliphatic rings. The SMILES string of the molecule is CC(=O)NCCCCCC(=O)NCc1ccc(C2OC(CN3CCOCC3)CC(c3ccc(CO)cc3)O2)cc1. The standard InChI is InChI=1S/C31H43N3O6/c1-23(36)32-14-4-2-3-5-30(37)33-20-24-6-12-27(13-7-24)31-39-28(21-34-15-17-38-18-16-34)19-29(40-31)26-10-8-25(22-35)9-11-26/h6-13,28-29,31,35H,2-5,14-22H2,1H3,(H,32,36)(H,33,37). The molecule has 3 N–H and O–H groups in total. The second kappa shape index (κ2) is 15.8. The predicted molar refractivity (Wildman–Crippen MR) is 151 cm³/mol. The van der Waals surface area contributed by atoms with E-state index < -0.39 is 6.29 Å². The van der Waals surface area contributed by atoms with Gasteiger partial charge >= 0.3 is 0 Å². The first-order chi connectivity index (χ1) is 19.5. The van der Waals surface area contributed by atoms with Crippen LogP contribution in [0.15, 0.2) is 48.5 Å². The molecule has 0 spiro atoms. The number of ether oxygens (including phenoxy) is 3. The molecule has 0 saturated carbocycles. The first-order valence-corrected chi connectivity index (χ1v) is 14.4. The Hall–Kier alpha value is -2.82. The van der Waals surface area contributed by atoms with Crippen LogP contribution in [-0.2, 0) is 37.0 Å². The van der Waals surface area contributed by atoms with Crippen molar-refractivity contribution in [1.29, 1.82) is 0 Å². The molecule has 9 heteroatoms. The van der Waals surface area contributed by atoms with Crippen molar-refractivity contribution < 1.29 is 28.9 Å². The monoisotopic (exact) mass is 553 g/mol. The van der Waals surface area contributed by atoms with Crippen LogP contribution < -0.4 is 10.6 Å². The molecule has 4 rings (SSSR count). The van der Waals surface area contributed by atoms with Crippen molar-refractivity contribution in [1.82, 2.24) is 15.5 Å². The number of carbonyl (C=O) groups excluding carboxylic acids is 2. The molecule has 9 nitrogen and oxygen atoms in total. The molecule has 2 amide bonds. The summed E-state index contributed by atoms with van der Waals surface area (Å²) in [4.78, 5) is 25.5. The van der Waals surface area contributed by atoms with Gasteiger partial charge in [-0.05, 0) is 29.5 Å². The van der Waals surface area contributed by atoms with Crippen molar-refractivity contribution >= 4 is 11.8 Å². The molecular formula is C31H43N3O6. The summed E-state index contributed by atoms with van der Waals surface area (Å²) in [5.41, 5.74) is 3.91. The van der Waals surface area contributed by atoms with E-state index in [-0.39, 0.29) is 30.6 Å². The molecule has 3 atom stereocenters. The van der Waals surface area contributed by atoms with Crippen molar-refractivity contribution in [3.63, 3.8) is 0 Å². The molecule has 2 aromatic carbocycles. The topological polar surface area (TPSA) is 109 Å². The van der Waals surface area contributed by atoms with Crippen LogP contribution in [0.4, 0.5) is 0 Å². The lowest BCUT2D eigenvalue weighted by Crippen LogP contribution is -2.44. The summed E-state index contributed by atoms with van der Waals surface area (Å²) in [7, 11) is 0. The van der Waals surface area contributed by atoms with Gasteiger partial charge in [0.15, 0.2) is 6.29 Å².